The molecule has 0 atom stereocenters. The van der Waals surface area contributed by atoms with Crippen molar-refractivity contribution in [1.29, 1.82) is 0 Å². The monoisotopic (exact) mass is 418 g/mol. The minimum atomic E-state index is 0. The zero-order chi connectivity index (χ0) is 2.71. The standard InChI is InChI=1S/C2H6O.3ClH.6H2O.Tb/c1-2-3;;;;;;;;;;/h3H,2H2,1H3;3*1H;6*1H2;/q;;;;;;;;;;+3/p-3. The summed E-state index contributed by atoms with van der Waals surface area (Å²) < 4.78 is 0. The van der Waals surface area contributed by atoms with Crippen LogP contribution < -0.4 is 37.2 Å². The molecule has 7 nitrogen and oxygen atoms in total. The van der Waals surface area contributed by atoms with Gasteiger partial charge in [0, 0.05) is 6.61 Å². The summed E-state index contributed by atoms with van der Waals surface area (Å²) in [5.74, 6) is 0. The maximum atomic E-state index is 7.57. The summed E-state index contributed by atoms with van der Waals surface area (Å²) in [7, 11) is 0. The van der Waals surface area contributed by atoms with Crippen molar-refractivity contribution in [1.82, 2.24) is 0 Å². The van der Waals surface area contributed by atoms with Crippen LogP contribution >= 0.6 is 0 Å². The molecule has 0 aromatic carbocycles. The molecule has 0 radical (unpaired) electrons. The smallest absolute Gasteiger partial charge is 1.00 e. The zero-order valence-electron chi connectivity index (χ0n) is 6.62. The summed E-state index contributed by atoms with van der Waals surface area (Å²) in [6.45, 7) is 1.93. The molecular formula is C2H18Cl3O7Tb. The Kier molecular flexibility index (Phi) is 4080. The molecule has 0 saturated heterocycles. The van der Waals surface area contributed by atoms with E-state index < -0.39 is 0 Å². The van der Waals surface area contributed by atoms with Gasteiger partial charge in [0.2, 0.25) is 0 Å². The Morgan fingerprint density at radius 1 is 0.692 bits per heavy atom. The molecule has 0 heterocycles. The minimum absolute atomic E-state index is 0. The van der Waals surface area contributed by atoms with Gasteiger partial charge in [0.05, 0.1) is 0 Å². The molecule has 0 rings (SSSR count). The summed E-state index contributed by atoms with van der Waals surface area (Å²) in [6, 6.07) is 0. The van der Waals surface area contributed by atoms with Crippen LogP contribution in [0.5, 0.6) is 0 Å². The maximum Gasteiger partial charge on any atom is 3.00 e. The van der Waals surface area contributed by atoms with E-state index in [4.69, 9.17) is 5.11 Å². The minimum Gasteiger partial charge on any atom is -1.00 e. The molecule has 0 amide bonds. The molecule has 11 heteroatoms. The number of aliphatic hydroxyl groups is 1. The molecule has 0 unspecified atom stereocenters. The van der Waals surface area contributed by atoms with Crippen LogP contribution in [0.3, 0.4) is 0 Å². The molecule has 0 aliphatic rings. The molecule has 0 aromatic heterocycles. The second-order valence-electron chi connectivity index (χ2n) is 0.316. The molecule has 0 fully saturated rings. The Bertz CT molecular complexity index is 21.7. The van der Waals surface area contributed by atoms with Crippen LogP contribution in [0, 0.1) is 38.6 Å². The first-order valence-corrected chi connectivity index (χ1v) is 1.02. The molecule has 0 aliphatic heterocycles. The average Bonchev–Trinajstić information content (AvgIpc) is 0.918. The second kappa shape index (κ2) is 278. The fourth-order valence-electron chi connectivity index (χ4n) is 0. The molecule has 0 aliphatic carbocycles. The van der Waals surface area contributed by atoms with E-state index in [1.54, 1.807) is 6.92 Å². The van der Waals surface area contributed by atoms with Crippen molar-refractivity contribution in [3.63, 3.8) is 0 Å². The summed E-state index contributed by atoms with van der Waals surface area (Å²) in [6.07, 6.45) is 0. The number of halogens is 3. The predicted octanol–water partition coefficient (Wildman–Crippen LogP) is -13.9. The van der Waals surface area contributed by atoms with E-state index in [9.17, 15) is 0 Å². The zero-order valence-corrected chi connectivity index (χ0v) is 11.0. The number of rotatable bonds is 0. The quantitative estimate of drug-likeness (QED) is 0.398. The van der Waals surface area contributed by atoms with Gasteiger partial charge < -0.3 is 75.2 Å². The van der Waals surface area contributed by atoms with Crippen LogP contribution in [-0.2, 0) is 0 Å². The Hall–Kier alpha value is 1.88. The van der Waals surface area contributed by atoms with E-state index in [0.717, 1.165) is 0 Å². The van der Waals surface area contributed by atoms with Crippen LogP contribution in [0.4, 0.5) is 0 Å². The Morgan fingerprint density at radius 2 is 0.692 bits per heavy atom. The van der Waals surface area contributed by atoms with Crippen LogP contribution in [0.25, 0.3) is 0 Å². The van der Waals surface area contributed by atoms with Crippen LogP contribution in [-0.4, -0.2) is 44.6 Å². The summed E-state index contributed by atoms with van der Waals surface area (Å²) in [5, 5.41) is 7.57. The Morgan fingerprint density at radius 3 is 0.692 bits per heavy atom. The average molecular weight is 419 g/mol. The van der Waals surface area contributed by atoms with E-state index in [-0.39, 0.29) is 115 Å². The Balaban J connectivity index is -0.000000000444. The van der Waals surface area contributed by atoms with E-state index in [1.807, 2.05) is 0 Å². The SMILES string of the molecule is CCO.O.O.O.O.O.O.[Cl-].[Cl-].[Cl-].[Tb+3]. The fraction of sp³-hybridized carbons (Fsp3) is 1.00. The predicted molar refractivity (Wildman–Crippen MR) is 34.4 cm³/mol. The van der Waals surface area contributed by atoms with E-state index >= 15 is 0 Å². The second-order valence-corrected chi connectivity index (χ2v) is 0.316. The first-order valence-electron chi connectivity index (χ1n) is 1.02. The maximum absolute atomic E-state index is 7.57. The van der Waals surface area contributed by atoms with Crippen LogP contribution in [0.2, 0.25) is 0 Å². The fourth-order valence-corrected chi connectivity index (χ4v) is 0. The van der Waals surface area contributed by atoms with Gasteiger partial charge in [-0.15, -0.1) is 0 Å². The van der Waals surface area contributed by atoms with Gasteiger partial charge in [-0.25, -0.2) is 0 Å². The van der Waals surface area contributed by atoms with Crippen molar-refractivity contribution < 1.29 is 114 Å². The van der Waals surface area contributed by atoms with Crippen molar-refractivity contribution >= 4 is 0 Å². The number of aliphatic hydroxyl groups excluding tert-OH is 1. The van der Waals surface area contributed by atoms with Crippen LogP contribution in [0.15, 0.2) is 0 Å². The van der Waals surface area contributed by atoms with E-state index in [1.165, 1.54) is 0 Å². The van der Waals surface area contributed by atoms with Gasteiger partial charge in [0.15, 0.2) is 0 Å². The van der Waals surface area contributed by atoms with Crippen molar-refractivity contribution in [2.45, 2.75) is 6.92 Å². The summed E-state index contributed by atoms with van der Waals surface area (Å²) in [4.78, 5) is 0. The molecule has 13 N–H and O–H groups in total. The van der Waals surface area contributed by atoms with Gasteiger partial charge in [-0.05, 0) is 6.92 Å². The largest absolute Gasteiger partial charge is 3.00 e. The third-order valence-corrected chi connectivity index (χ3v) is 0. The number of hydrogen-bond acceptors (Lipinski definition) is 1. The third kappa shape index (κ3) is 556. The van der Waals surface area contributed by atoms with Crippen molar-refractivity contribution in [3.05, 3.63) is 0 Å². The Labute approximate surface area is 126 Å². The molecule has 13 heavy (non-hydrogen) atoms. The van der Waals surface area contributed by atoms with Gasteiger partial charge in [-0.1, -0.05) is 0 Å². The molecule has 0 saturated carbocycles. The topological polar surface area (TPSA) is 209 Å². The first-order chi connectivity index (χ1) is 1.41. The van der Waals surface area contributed by atoms with Crippen molar-refractivity contribution in [3.8, 4) is 0 Å². The summed E-state index contributed by atoms with van der Waals surface area (Å²) in [5.41, 5.74) is 0. The first kappa shape index (κ1) is 191. The molecule has 0 aromatic rings. The molecular weight excluding hydrogens is 401 g/mol. The molecule has 0 bridgehead atoms. The summed E-state index contributed by atoms with van der Waals surface area (Å²) >= 11 is 0. The van der Waals surface area contributed by atoms with Crippen LogP contribution in [0.1, 0.15) is 6.92 Å². The van der Waals surface area contributed by atoms with Gasteiger partial charge in [-0.3, -0.25) is 0 Å². The number of hydrogen-bond donors (Lipinski definition) is 1. The normalized spacial score (nSPS) is 1.38. The third-order valence-electron chi connectivity index (χ3n) is 0. The molecule has 0 spiro atoms. The van der Waals surface area contributed by atoms with Gasteiger partial charge >= 0.3 is 38.6 Å². The van der Waals surface area contributed by atoms with E-state index in [0.29, 0.717) is 0 Å². The van der Waals surface area contributed by atoms with E-state index in [2.05, 4.69) is 0 Å². The van der Waals surface area contributed by atoms with Crippen molar-refractivity contribution in [2.75, 3.05) is 6.61 Å². The molecule has 98 valence electrons. The van der Waals surface area contributed by atoms with Crippen molar-refractivity contribution in [2.24, 2.45) is 0 Å². The van der Waals surface area contributed by atoms with Gasteiger partial charge in [0.1, 0.15) is 0 Å². The van der Waals surface area contributed by atoms with Gasteiger partial charge in [0.25, 0.3) is 0 Å². The van der Waals surface area contributed by atoms with Gasteiger partial charge in [-0.2, -0.15) is 0 Å².